The summed E-state index contributed by atoms with van der Waals surface area (Å²) in [4.78, 5) is 2.44. The van der Waals surface area contributed by atoms with Gasteiger partial charge in [-0.05, 0) is 93.7 Å². The maximum atomic E-state index is 2.44. The van der Waals surface area contributed by atoms with Crippen LogP contribution in [0.25, 0.3) is 91.8 Å². The molecular weight excluding hydrogens is 757 g/mol. The van der Waals surface area contributed by atoms with Crippen LogP contribution in [0.5, 0.6) is 0 Å². The molecule has 0 saturated carbocycles. The number of rotatable bonds is 7. The topological polar surface area (TPSA) is 8.17 Å². The molecule has 2 nitrogen and oxygen atoms in total. The number of nitrogens with zero attached hydrogens (tertiary/aromatic N) is 2. The molecule has 0 unspecified atom stereocenters. The lowest BCUT2D eigenvalue weighted by atomic mass is 9.96. The minimum atomic E-state index is 1.09. The fourth-order valence-electron chi connectivity index (χ4n) is 9.38. The van der Waals surface area contributed by atoms with Crippen molar-refractivity contribution in [2.24, 2.45) is 0 Å². The van der Waals surface area contributed by atoms with E-state index < -0.39 is 0 Å². The maximum Gasteiger partial charge on any atom is 0.0541 e. The summed E-state index contributed by atoms with van der Waals surface area (Å²) in [6.07, 6.45) is 0. The van der Waals surface area contributed by atoms with Gasteiger partial charge in [0.1, 0.15) is 0 Å². The van der Waals surface area contributed by atoms with Gasteiger partial charge in [0.05, 0.1) is 16.7 Å². The van der Waals surface area contributed by atoms with Crippen LogP contribution in [0.15, 0.2) is 231 Å². The maximum absolute atomic E-state index is 2.44. The van der Waals surface area contributed by atoms with Crippen LogP contribution in [-0.4, -0.2) is 4.57 Å². The minimum Gasteiger partial charge on any atom is -0.310 e. The third-order valence-corrected chi connectivity index (χ3v) is 13.4. The highest BCUT2D eigenvalue weighted by atomic mass is 32.1. The van der Waals surface area contributed by atoms with Crippen molar-refractivity contribution >= 4 is 81.1 Å². The quantitative estimate of drug-likeness (QED) is 0.156. The van der Waals surface area contributed by atoms with Crippen LogP contribution in [0.1, 0.15) is 0 Å². The first kappa shape index (κ1) is 35.2. The normalized spacial score (nSPS) is 11.6. The summed E-state index contributed by atoms with van der Waals surface area (Å²) in [5.74, 6) is 0. The van der Waals surface area contributed by atoms with Crippen molar-refractivity contribution in [1.29, 1.82) is 0 Å². The predicted molar refractivity (Wildman–Crippen MR) is 262 cm³/mol. The smallest absolute Gasteiger partial charge is 0.0541 e. The van der Waals surface area contributed by atoms with Gasteiger partial charge in [0.15, 0.2) is 0 Å². The van der Waals surface area contributed by atoms with Crippen LogP contribution < -0.4 is 4.90 Å². The fraction of sp³-hybridized carbons (Fsp3) is 0. The van der Waals surface area contributed by atoms with Crippen LogP contribution in [0.2, 0.25) is 0 Å². The molecular formula is C58H38N2S. The molecule has 286 valence electrons. The molecule has 10 aromatic carbocycles. The van der Waals surface area contributed by atoms with E-state index in [1.165, 1.54) is 80.6 Å². The molecule has 0 fully saturated rings. The molecule has 0 aliphatic heterocycles. The van der Waals surface area contributed by atoms with E-state index in [9.17, 15) is 0 Å². The SMILES string of the molecule is c1cc(-c2ccc(-c3cccc4ccccc34)cc2)cc(N(c2ccc(-n3c4ccccc4c4ccccc43)cc2)c2ccccc2-c2cccc3c2sc2ccccc23)c1. The van der Waals surface area contributed by atoms with Crippen molar-refractivity contribution in [1.82, 2.24) is 4.57 Å². The number of benzene rings is 10. The Morgan fingerprint density at radius 2 is 0.918 bits per heavy atom. The van der Waals surface area contributed by atoms with Gasteiger partial charge in [-0.25, -0.2) is 0 Å². The zero-order valence-corrected chi connectivity index (χ0v) is 34.1. The Balaban J connectivity index is 1.01. The minimum absolute atomic E-state index is 1.09. The number of aromatic nitrogens is 1. The fourth-order valence-corrected chi connectivity index (χ4v) is 10.6. The van der Waals surface area contributed by atoms with Crippen molar-refractivity contribution in [3.8, 4) is 39.1 Å². The molecule has 0 aliphatic rings. The first-order valence-corrected chi connectivity index (χ1v) is 21.7. The van der Waals surface area contributed by atoms with E-state index in [4.69, 9.17) is 0 Å². The monoisotopic (exact) mass is 794 g/mol. The van der Waals surface area contributed by atoms with Gasteiger partial charge in [-0.2, -0.15) is 0 Å². The van der Waals surface area contributed by atoms with Gasteiger partial charge in [-0.1, -0.05) is 170 Å². The first-order chi connectivity index (χ1) is 30.3. The molecule has 2 heterocycles. The lowest BCUT2D eigenvalue weighted by molar-refractivity contribution is 1.17. The largest absolute Gasteiger partial charge is 0.310 e. The van der Waals surface area contributed by atoms with E-state index in [0.29, 0.717) is 0 Å². The van der Waals surface area contributed by atoms with Gasteiger partial charge >= 0.3 is 0 Å². The Hall–Kier alpha value is -7.72. The van der Waals surface area contributed by atoms with Crippen molar-refractivity contribution in [3.63, 3.8) is 0 Å². The number of hydrogen-bond acceptors (Lipinski definition) is 2. The average molecular weight is 795 g/mol. The molecule has 2 aromatic heterocycles. The zero-order chi connectivity index (χ0) is 40.3. The Morgan fingerprint density at radius 3 is 1.72 bits per heavy atom. The number of para-hydroxylation sites is 3. The molecule has 0 saturated heterocycles. The van der Waals surface area contributed by atoms with Crippen LogP contribution in [-0.2, 0) is 0 Å². The van der Waals surface area contributed by atoms with Gasteiger partial charge in [-0.15, -0.1) is 11.3 Å². The molecule has 0 bridgehead atoms. The summed E-state index contributed by atoms with van der Waals surface area (Å²) in [6, 6.07) is 84.1. The van der Waals surface area contributed by atoms with Crippen LogP contribution in [0.4, 0.5) is 17.1 Å². The summed E-state index contributed by atoms with van der Waals surface area (Å²) in [5.41, 5.74) is 14.1. The molecule has 12 aromatic rings. The van der Waals surface area contributed by atoms with E-state index in [0.717, 1.165) is 28.3 Å². The Bertz CT molecular complexity index is 3530. The Kier molecular flexibility index (Phi) is 8.39. The molecule has 0 radical (unpaired) electrons. The van der Waals surface area contributed by atoms with Crippen molar-refractivity contribution < 1.29 is 0 Å². The van der Waals surface area contributed by atoms with E-state index in [1.54, 1.807) is 0 Å². The van der Waals surface area contributed by atoms with Gasteiger partial charge in [0.25, 0.3) is 0 Å². The highest BCUT2D eigenvalue weighted by Gasteiger charge is 2.21. The van der Waals surface area contributed by atoms with Gasteiger partial charge < -0.3 is 9.47 Å². The number of fused-ring (bicyclic) bond motifs is 7. The number of hydrogen-bond donors (Lipinski definition) is 0. The highest BCUT2D eigenvalue weighted by Crippen LogP contribution is 2.46. The molecule has 0 atom stereocenters. The average Bonchev–Trinajstić information content (AvgIpc) is 3.88. The van der Waals surface area contributed by atoms with Crippen molar-refractivity contribution in [2.45, 2.75) is 0 Å². The van der Waals surface area contributed by atoms with Gasteiger partial charge in [-0.3, -0.25) is 0 Å². The third kappa shape index (κ3) is 5.93. The van der Waals surface area contributed by atoms with Gasteiger partial charge in [0, 0.05) is 59.1 Å². The van der Waals surface area contributed by atoms with Gasteiger partial charge in [0.2, 0.25) is 0 Å². The second kappa shape index (κ2) is 14.5. The molecule has 3 heteroatoms. The predicted octanol–water partition coefficient (Wildman–Crippen LogP) is 16.8. The lowest BCUT2D eigenvalue weighted by Gasteiger charge is -2.28. The van der Waals surface area contributed by atoms with Crippen molar-refractivity contribution in [2.75, 3.05) is 4.90 Å². The first-order valence-electron chi connectivity index (χ1n) is 20.8. The van der Waals surface area contributed by atoms with E-state index >= 15 is 0 Å². The van der Waals surface area contributed by atoms with Crippen LogP contribution in [0.3, 0.4) is 0 Å². The van der Waals surface area contributed by atoms with Crippen molar-refractivity contribution in [3.05, 3.63) is 231 Å². The molecule has 0 aliphatic carbocycles. The van der Waals surface area contributed by atoms with Crippen LogP contribution in [0, 0.1) is 0 Å². The third-order valence-electron chi connectivity index (χ3n) is 12.2. The molecule has 0 N–H and O–H groups in total. The molecule has 0 spiro atoms. The summed E-state index contributed by atoms with van der Waals surface area (Å²) < 4.78 is 4.99. The van der Waals surface area contributed by atoms with E-state index in [-0.39, 0.29) is 0 Å². The summed E-state index contributed by atoms with van der Waals surface area (Å²) in [6.45, 7) is 0. The number of anilines is 3. The Morgan fingerprint density at radius 1 is 0.344 bits per heavy atom. The van der Waals surface area contributed by atoms with E-state index in [2.05, 4.69) is 240 Å². The zero-order valence-electron chi connectivity index (χ0n) is 33.2. The standard InChI is InChI=1S/C58H38N2S/c1-2-18-46-40(14-1)15-12-23-47(46)41-32-30-39(31-33-41)42-16-11-17-45(38-42)59(43-34-36-44(37-35-43)60-55-27-8-3-19-48(55)49-20-4-9-28-56(49)60)54-26-7-5-21-50(54)52-24-13-25-53-51-22-6-10-29-57(51)61-58(52)53/h1-38H. The second-order valence-electron chi connectivity index (χ2n) is 15.7. The van der Waals surface area contributed by atoms with E-state index in [1.807, 2.05) is 11.3 Å². The summed E-state index contributed by atoms with van der Waals surface area (Å²) in [7, 11) is 0. The Labute approximate surface area is 358 Å². The molecule has 12 rings (SSSR count). The summed E-state index contributed by atoms with van der Waals surface area (Å²) >= 11 is 1.88. The lowest BCUT2D eigenvalue weighted by Crippen LogP contribution is -2.11. The second-order valence-corrected chi connectivity index (χ2v) is 16.7. The van der Waals surface area contributed by atoms with Crippen LogP contribution >= 0.6 is 11.3 Å². The highest BCUT2D eigenvalue weighted by molar-refractivity contribution is 7.26. The summed E-state index contributed by atoms with van der Waals surface area (Å²) in [5, 5.41) is 7.64. The molecule has 61 heavy (non-hydrogen) atoms. The molecule has 0 amide bonds. The number of thiophene rings is 1.